The predicted octanol–water partition coefficient (Wildman–Crippen LogP) is 4.26. The van der Waals surface area contributed by atoms with Crippen molar-refractivity contribution in [2.24, 2.45) is 9.98 Å². The van der Waals surface area contributed by atoms with Gasteiger partial charge in [0.25, 0.3) is 5.91 Å². The summed E-state index contributed by atoms with van der Waals surface area (Å²) in [5.74, 6) is 0.0856. The molecule has 0 aromatic heterocycles. The molecule has 2 heterocycles. The van der Waals surface area contributed by atoms with E-state index in [0.717, 1.165) is 11.1 Å². The lowest BCUT2D eigenvalue weighted by Crippen LogP contribution is -2.38. The van der Waals surface area contributed by atoms with Crippen LogP contribution in [0.15, 0.2) is 95.0 Å². The van der Waals surface area contributed by atoms with Crippen molar-refractivity contribution in [2.45, 2.75) is 29.9 Å². The van der Waals surface area contributed by atoms with E-state index < -0.39 is 29.3 Å². The number of aromatic hydroxyl groups is 1. The minimum atomic E-state index is -1.06. The first-order valence-corrected chi connectivity index (χ1v) is 14.4. The van der Waals surface area contributed by atoms with Crippen molar-refractivity contribution in [3.8, 4) is 5.75 Å². The molecule has 3 N–H and O–H groups in total. The highest BCUT2D eigenvalue weighted by atomic mass is 32.2. The minimum absolute atomic E-state index is 0.0888. The first kappa shape index (κ1) is 28.1. The Balaban J connectivity index is 1.53. The molecule has 0 spiro atoms. The highest BCUT2D eigenvalue weighted by molar-refractivity contribution is 7.99. The van der Waals surface area contributed by atoms with Crippen molar-refractivity contribution in [2.75, 3.05) is 11.5 Å². The maximum absolute atomic E-state index is 13.9. The molecule has 40 heavy (non-hydrogen) atoms. The zero-order chi connectivity index (χ0) is 28.2. The maximum Gasteiger partial charge on any atom is 0.258 e. The number of halogens is 1. The third-order valence-corrected chi connectivity index (χ3v) is 8.48. The van der Waals surface area contributed by atoms with Crippen molar-refractivity contribution in [1.29, 1.82) is 0 Å². The van der Waals surface area contributed by atoms with Crippen LogP contribution in [0.3, 0.4) is 0 Å². The van der Waals surface area contributed by atoms with Crippen LogP contribution in [0.2, 0.25) is 0 Å². The lowest BCUT2D eigenvalue weighted by Gasteiger charge is -2.25. The summed E-state index contributed by atoms with van der Waals surface area (Å²) in [6, 6.07) is 21.3. The highest BCUT2D eigenvalue weighted by Gasteiger charge is 2.43. The molecule has 4 atom stereocenters. The molecule has 3 aromatic carbocycles. The van der Waals surface area contributed by atoms with E-state index in [4.69, 9.17) is 9.98 Å². The predicted molar refractivity (Wildman–Crippen MR) is 159 cm³/mol. The van der Waals surface area contributed by atoms with E-state index in [-0.39, 0.29) is 23.2 Å². The highest BCUT2D eigenvalue weighted by Crippen LogP contribution is 2.39. The third kappa shape index (κ3) is 6.15. The van der Waals surface area contributed by atoms with E-state index in [9.17, 15) is 24.5 Å². The SMILES string of the molecule is O=C1C(C(SC[C@@H](O)[C@H](O)CS)c2ccc(F)cc2)N=C2C(Cc3ccccc3)=NC(c3ccc(O)cc3)=CN12. The van der Waals surface area contributed by atoms with Gasteiger partial charge in [0.05, 0.1) is 28.9 Å². The van der Waals surface area contributed by atoms with Crippen LogP contribution < -0.4 is 0 Å². The molecule has 3 aromatic rings. The fourth-order valence-corrected chi connectivity index (χ4v) is 6.09. The summed E-state index contributed by atoms with van der Waals surface area (Å²) in [7, 11) is 0. The van der Waals surface area contributed by atoms with Gasteiger partial charge in [0.2, 0.25) is 0 Å². The van der Waals surface area contributed by atoms with Crippen LogP contribution in [-0.2, 0) is 11.2 Å². The minimum Gasteiger partial charge on any atom is -0.508 e. The molecule has 7 nitrogen and oxygen atoms in total. The number of hydrogen-bond donors (Lipinski definition) is 4. The number of carbonyl (C=O) groups is 1. The van der Waals surface area contributed by atoms with Crippen LogP contribution in [0.4, 0.5) is 4.39 Å². The molecule has 2 unspecified atom stereocenters. The molecule has 0 saturated heterocycles. The van der Waals surface area contributed by atoms with E-state index in [2.05, 4.69) is 12.6 Å². The van der Waals surface area contributed by atoms with E-state index in [0.29, 0.717) is 29.2 Å². The average Bonchev–Trinajstić information content (AvgIpc) is 3.30. The van der Waals surface area contributed by atoms with Gasteiger partial charge in [-0.2, -0.15) is 12.6 Å². The fourth-order valence-electron chi connectivity index (χ4n) is 4.51. The summed E-state index contributed by atoms with van der Waals surface area (Å²) in [4.78, 5) is 25.2. The van der Waals surface area contributed by atoms with E-state index in [1.54, 1.807) is 42.6 Å². The summed E-state index contributed by atoms with van der Waals surface area (Å²) in [6.45, 7) is 0. The number of phenols is 1. The van der Waals surface area contributed by atoms with Crippen molar-refractivity contribution < 1.29 is 24.5 Å². The van der Waals surface area contributed by atoms with Gasteiger partial charge in [-0.3, -0.25) is 14.7 Å². The lowest BCUT2D eigenvalue weighted by molar-refractivity contribution is -0.125. The topological polar surface area (TPSA) is 106 Å². The average molecular weight is 578 g/mol. The van der Waals surface area contributed by atoms with E-state index in [1.165, 1.54) is 28.8 Å². The molecule has 0 fully saturated rings. The van der Waals surface area contributed by atoms with Crippen molar-refractivity contribution >= 4 is 47.5 Å². The van der Waals surface area contributed by atoms with Gasteiger partial charge in [0, 0.05) is 29.7 Å². The van der Waals surface area contributed by atoms with Gasteiger partial charge in [-0.25, -0.2) is 9.38 Å². The van der Waals surface area contributed by atoms with Gasteiger partial charge in [-0.05, 0) is 47.5 Å². The van der Waals surface area contributed by atoms with Gasteiger partial charge in [-0.1, -0.05) is 42.5 Å². The molecular weight excluding hydrogens is 549 g/mol. The van der Waals surface area contributed by atoms with Crippen molar-refractivity contribution in [3.63, 3.8) is 0 Å². The molecular formula is C30H28FN3O4S2. The normalized spacial score (nSPS) is 18.9. The number of amidine groups is 1. The molecule has 2 aliphatic heterocycles. The smallest absolute Gasteiger partial charge is 0.258 e. The van der Waals surface area contributed by atoms with E-state index >= 15 is 0 Å². The Bertz CT molecular complexity index is 1450. The number of rotatable bonds is 10. The van der Waals surface area contributed by atoms with Crippen molar-refractivity contribution in [1.82, 2.24) is 4.90 Å². The maximum atomic E-state index is 13.9. The number of thiol groups is 1. The van der Waals surface area contributed by atoms with Crippen LogP contribution in [-0.4, -0.2) is 67.4 Å². The number of carbonyl (C=O) groups excluding carboxylic acids is 1. The van der Waals surface area contributed by atoms with Crippen LogP contribution in [0.5, 0.6) is 5.75 Å². The number of thioether (sulfide) groups is 1. The number of aliphatic imine (C=N–C) groups is 2. The molecule has 206 valence electrons. The second-order valence-electron chi connectivity index (χ2n) is 9.51. The van der Waals surface area contributed by atoms with Crippen LogP contribution >= 0.6 is 24.4 Å². The zero-order valence-electron chi connectivity index (χ0n) is 21.3. The van der Waals surface area contributed by atoms with Crippen LogP contribution in [0.25, 0.3) is 5.70 Å². The monoisotopic (exact) mass is 577 g/mol. The molecule has 1 amide bonds. The number of nitrogens with zero attached hydrogens (tertiary/aromatic N) is 3. The van der Waals surface area contributed by atoms with Gasteiger partial charge < -0.3 is 15.3 Å². The number of hydrogen-bond acceptors (Lipinski definition) is 8. The number of amides is 1. The number of phenolic OH excluding ortho intramolecular Hbond substituents is 1. The quantitative estimate of drug-likeness (QED) is 0.270. The van der Waals surface area contributed by atoms with Gasteiger partial charge in [-0.15, -0.1) is 11.8 Å². The Hall–Kier alpha value is -3.44. The first-order chi connectivity index (χ1) is 19.3. The Morgan fingerprint density at radius 2 is 1.68 bits per heavy atom. The summed E-state index contributed by atoms with van der Waals surface area (Å²) in [5.41, 5.74) is 3.57. The Kier molecular flexibility index (Phi) is 8.70. The molecule has 0 saturated carbocycles. The largest absolute Gasteiger partial charge is 0.508 e. The van der Waals surface area contributed by atoms with Crippen LogP contribution in [0, 0.1) is 5.82 Å². The van der Waals surface area contributed by atoms with Crippen LogP contribution in [0.1, 0.15) is 21.9 Å². The molecule has 0 aliphatic carbocycles. The molecule has 10 heteroatoms. The summed E-state index contributed by atoms with van der Waals surface area (Å²) < 4.78 is 13.8. The number of fused-ring (bicyclic) bond motifs is 1. The molecule has 0 radical (unpaired) electrons. The molecule has 0 bridgehead atoms. The van der Waals surface area contributed by atoms with E-state index in [1.807, 2.05) is 30.3 Å². The zero-order valence-corrected chi connectivity index (χ0v) is 23.0. The Morgan fingerprint density at radius 1 is 0.975 bits per heavy atom. The number of aliphatic hydroxyl groups excluding tert-OH is 2. The summed E-state index contributed by atoms with van der Waals surface area (Å²) >= 11 is 5.33. The second kappa shape index (κ2) is 12.4. The molecule has 2 aliphatic rings. The molecule has 5 rings (SSSR count). The van der Waals surface area contributed by atoms with Crippen molar-refractivity contribution in [3.05, 3.63) is 108 Å². The standard InChI is InChI=1S/C30H28FN3O4S2/c31-21-10-6-20(7-11-21)28(40-17-26(37)25(36)16-39)27-30(38)34-15-24(19-8-12-22(35)13-9-19)32-23(29(34)33-27)14-18-4-2-1-3-5-18/h1-13,15,25-28,35-37,39H,14,16-17H2/t25-,26-,27?,28?/m1/s1. The third-order valence-electron chi connectivity index (χ3n) is 6.69. The Labute approximate surface area is 241 Å². The number of aliphatic hydroxyl groups is 2. The van der Waals surface area contributed by atoms with Gasteiger partial charge in [0.15, 0.2) is 5.84 Å². The van der Waals surface area contributed by atoms with Gasteiger partial charge >= 0.3 is 0 Å². The second-order valence-corrected chi connectivity index (χ2v) is 11.1. The summed E-state index contributed by atoms with van der Waals surface area (Å²) in [6.07, 6.45) is -0.00351. The number of benzene rings is 3. The lowest BCUT2D eigenvalue weighted by atomic mass is 10.0. The van der Waals surface area contributed by atoms with Gasteiger partial charge in [0.1, 0.15) is 17.6 Å². The Morgan fingerprint density at radius 3 is 2.35 bits per heavy atom. The fraction of sp³-hybridized carbons (Fsp3) is 0.233. The summed E-state index contributed by atoms with van der Waals surface area (Å²) in [5, 5.41) is 29.6. The first-order valence-electron chi connectivity index (χ1n) is 12.7.